The maximum absolute atomic E-state index is 12.9. The molecule has 0 amide bonds. The lowest BCUT2D eigenvalue weighted by Gasteiger charge is -2.29. The predicted molar refractivity (Wildman–Crippen MR) is 66.5 cm³/mol. The van der Waals surface area contributed by atoms with Crippen LogP contribution in [0.5, 0.6) is 0 Å². The van der Waals surface area contributed by atoms with Crippen LogP contribution >= 0.6 is 0 Å². The number of halogens is 1. The third-order valence-corrected chi connectivity index (χ3v) is 2.66. The van der Waals surface area contributed by atoms with E-state index in [1.165, 1.54) is 6.07 Å². The second-order valence-corrected chi connectivity index (χ2v) is 4.21. The lowest BCUT2D eigenvalue weighted by Crippen LogP contribution is -2.42. The van der Waals surface area contributed by atoms with E-state index in [2.05, 4.69) is 10.3 Å². The zero-order valence-electron chi connectivity index (χ0n) is 11.0. The van der Waals surface area contributed by atoms with Crippen molar-refractivity contribution in [3.63, 3.8) is 0 Å². The van der Waals surface area contributed by atoms with Crippen LogP contribution in [-0.2, 0) is 15.1 Å². The fraction of sp³-hybridized carbons (Fsp3) is 0.538. The summed E-state index contributed by atoms with van der Waals surface area (Å²) in [6, 6.07) is 2.92. The number of hydrogen-bond donors (Lipinski definition) is 1. The molecule has 0 aliphatic heterocycles. The largest absolute Gasteiger partial charge is 0.466 e. The van der Waals surface area contributed by atoms with Gasteiger partial charge in [0.15, 0.2) is 0 Å². The second kappa shape index (κ2) is 6.44. The van der Waals surface area contributed by atoms with Crippen molar-refractivity contribution in [2.75, 3.05) is 13.2 Å². The van der Waals surface area contributed by atoms with Gasteiger partial charge in [0.2, 0.25) is 0 Å². The Balaban J connectivity index is 2.91. The summed E-state index contributed by atoms with van der Waals surface area (Å²) >= 11 is 0. The molecule has 0 aromatic carbocycles. The van der Waals surface area contributed by atoms with E-state index in [1.54, 1.807) is 13.0 Å². The maximum atomic E-state index is 12.9. The Morgan fingerprint density at radius 2 is 2.22 bits per heavy atom. The molecule has 1 rings (SSSR count). The van der Waals surface area contributed by atoms with Crippen LogP contribution in [0.1, 0.15) is 32.9 Å². The molecule has 100 valence electrons. The Morgan fingerprint density at radius 1 is 1.50 bits per heavy atom. The van der Waals surface area contributed by atoms with E-state index >= 15 is 0 Å². The fourth-order valence-electron chi connectivity index (χ4n) is 1.84. The van der Waals surface area contributed by atoms with Crippen molar-refractivity contribution < 1.29 is 13.9 Å². The molecule has 18 heavy (non-hydrogen) atoms. The Bertz CT molecular complexity index is 394. The van der Waals surface area contributed by atoms with E-state index in [4.69, 9.17) is 4.74 Å². The van der Waals surface area contributed by atoms with Gasteiger partial charge >= 0.3 is 5.97 Å². The minimum atomic E-state index is -0.644. The Labute approximate surface area is 107 Å². The highest BCUT2D eigenvalue weighted by Gasteiger charge is 2.30. The molecule has 5 heteroatoms. The van der Waals surface area contributed by atoms with E-state index in [1.807, 2.05) is 13.8 Å². The van der Waals surface area contributed by atoms with Crippen LogP contribution in [0, 0.1) is 5.82 Å². The number of rotatable bonds is 6. The molecule has 0 spiro atoms. The monoisotopic (exact) mass is 254 g/mol. The van der Waals surface area contributed by atoms with Crippen LogP contribution in [-0.4, -0.2) is 24.1 Å². The van der Waals surface area contributed by atoms with Crippen molar-refractivity contribution in [2.24, 2.45) is 0 Å². The van der Waals surface area contributed by atoms with Crippen LogP contribution in [0.3, 0.4) is 0 Å². The quantitative estimate of drug-likeness (QED) is 0.789. The molecule has 4 nitrogen and oxygen atoms in total. The molecule has 1 heterocycles. The van der Waals surface area contributed by atoms with Gasteiger partial charge in [-0.3, -0.25) is 9.78 Å². The molecule has 0 aliphatic rings. The average molecular weight is 254 g/mol. The summed E-state index contributed by atoms with van der Waals surface area (Å²) < 4.78 is 17.8. The first-order valence-electron chi connectivity index (χ1n) is 6.04. The molecule has 0 saturated heterocycles. The topological polar surface area (TPSA) is 51.2 Å². The SMILES string of the molecule is CCNC(C)(CC(=O)OCC)c1ccc(F)cn1. The molecular weight excluding hydrogens is 235 g/mol. The summed E-state index contributed by atoms with van der Waals surface area (Å²) in [5.74, 6) is -0.694. The van der Waals surface area contributed by atoms with Crippen LogP contribution in [0.25, 0.3) is 0 Å². The van der Waals surface area contributed by atoms with Gasteiger partial charge in [0.1, 0.15) is 5.82 Å². The zero-order chi connectivity index (χ0) is 13.6. The Morgan fingerprint density at radius 3 is 2.72 bits per heavy atom. The summed E-state index contributed by atoms with van der Waals surface area (Å²) in [7, 11) is 0. The molecule has 1 aromatic rings. The van der Waals surface area contributed by atoms with Crippen LogP contribution in [0.4, 0.5) is 4.39 Å². The second-order valence-electron chi connectivity index (χ2n) is 4.21. The number of esters is 1. The van der Waals surface area contributed by atoms with Crippen molar-refractivity contribution in [1.82, 2.24) is 10.3 Å². The number of hydrogen-bond acceptors (Lipinski definition) is 4. The Kier molecular flexibility index (Phi) is 5.22. The third kappa shape index (κ3) is 3.77. The zero-order valence-corrected chi connectivity index (χ0v) is 11.0. The number of pyridine rings is 1. The van der Waals surface area contributed by atoms with Gasteiger partial charge in [0, 0.05) is 0 Å². The molecule has 0 saturated carbocycles. The third-order valence-electron chi connectivity index (χ3n) is 2.66. The van der Waals surface area contributed by atoms with Gasteiger partial charge in [-0.2, -0.15) is 0 Å². The first-order valence-corrected chi connectivity index (χ1v) is 6.04. The first kappa shape index (κ1) is 14.6. The highest BCUT2D eigenvalue weighted by atomic mass is 19.1. The summed E-state index contributed by atoms with van der Waals surface area (Å²) in [6.07, 6.45) is 1.31. The normalized spacial score (nSPS) is 14.0. The van der Waals surface area contributed by atoms with Crippen molar-refractivity contribution in [2.45, 2.75) is 32.7 Å². The van der Waals surface area contributed by atoms with Gasteiger partial charge in [-0.25, -0.2) is 4.39 Å². The summed E-state index contributed by atoms with van der Waals surface area (Å²) in [4.78, 5) is 15.6. The molecule has 0 bridgehead atoms. The van der Waals surface area contributed by atoms with Gasteiger partial charge in [-0.1, -0.05) is 6.92 Å². The van der Waals surface area contributed by atoms with Crippen LogP contribution in [0.2, 0.25) is 0 Å². The van der Waals surface area contributed by atoms with Crippen molar-refractivity contribution >= 4 is 5.97 Å². The smallest absolute Gasteiger partial charge is 0.308 e. The highest BCUT2D eigenvalue weighted by Crippen LogP contribution is 2.23. The molecule has 0 aliphatic carbocycles. The number of aromatic nitrogens is 1. The van der Waals surface area contributed by atoms with Gasteiger partial charge in [0.05, 0.1) is 30.5 Å². The number of nitrogens with zero attached hydrogens (tertiary/aromatic N) is 1. The van der Waals surface area contributed by atoms with E-state index < -0.39 is 11.4 Å². The highest BCUT2D eigenvalue weighted by molar-refractivity contribution is 5.71. The van der Waals surface area contributed by atoms with Gasteiger partial charge in [-0.15, -0.1) is 0 Å². The van der Waals surface area contributed by atoms with Crippen LogP contribution < -0.4 is 5.32 Å². The molecule has 1 N–H and O–H groups in total. The van der Waals surface area contributed by atoms with Gasteiger partial charge in [-0.05, 0) is 32.5 Å². The standard InChI is InChI=1S/C13H19FN2O2/c1-4-16-13(3,8-12(17)18-5-2)11-7-6-10(14)9-15-11/h6-7,9,16H,4-5,8H2,1-3H3. The van der Waals surface area contributed by atoms with E-state index in [9.17, 15) is 9.18 Å². The lowest BCUT2D eigenvalue weighted by atomic mass is 9.93. The van der Waals surface area contributed by atoms with Crippen molar-refractivity contribution in [3.05, 3.63) is 29.8 Å². The number of nitrogens with one attached hydrogen (secondary N) is 1. The molecule has 1 atom stereocenters. The average Bonchev–Trinajstić information content (AvgIpc) is 2.30. The molecular formula is C13H19FN2O2. The minimum absolute atomic E-state index is 0.160. The fourth-order valence-corrected chi connectivity index (χ4v) is 1.84. The lowest BCUT2D eigenvalue weighted by molar-refractivity contribution is -0.144. The Hall–Kier alpha value is -1.49. The molecule has 0 radical (unpaired) electrons. The van der Waals surface area contributed by atoms with Crippen molar-refractivity contribution in [1.29, 1.82) is 0 Å². The van der Waals surface area contributed by atoms with E-state index in [0.29, 0.717) is 18.8 Å². The number of ether oxygens (including phenoxy) is 1. The minimum Gasteiger partial charge on any atom is -0.466 e. The maximum Gasteiger partial charge on any atom is 0.308 e. The summed E-state index contributed by atoms with van der Waals surface area (Å²) in [6.45, 7) is 6.58. The van der Waals surface area contributed by atoms with Crippen molar-refractivity contribution in [3.8, 4) is 0 Å². The molecule has 1 aromatic heterocycles. The number of carbonyl (C=O) groups is 1. The van der Waals surface area contributed by atoms with E-state index in [-0.39, 0.29) is 12.4 Å². The first-order chi connectivity index (χ1) is 8.51. The predicted octanol–water partition coefficient (Wildman–Crippen LogP) is 2.00. The number of carbonyl (C=O) groups excluding carboxylic acids is 1. The molecule has 0 fully saturated rings. The van der Waals surface area contributed by atoms with Crippen LogP contribution in [0.15, 0.2) is 18.3 Å². The van der Waals surface area contributed by atoms with E-state index in [0.717, 1.165) is 6.20 Å². The molecule has 1 unspecified atom stereocenters. The summed E-state index contributed by atoms with van der Waals surface area (Å²) in [5.41, 5.74) is -0.0203. The van der Waals surface area contributed by atoms with Gasteiger partial charge in [0.25, 0.3) is 0 Å². The summed E-state index contributed by atoms with van der Waals surface area (Å²) in [5, 5.41) is 3.20. The van der Waals surface area contributed by atoms with Gasteiger partial charge < -0.3 is 10.1 Å².